The summed E-state index contributed by atoms with van der Waals surface area (Å²) in [6.07, 6.45) is 2.93. The van der Waals surface area contributed by atoms with Crippen molar-refractivity contribution in [1.82, 2.24) is 9.55 Å². The number of fused-ring (bicyclic) bond motifs is 1. The largest absolute Gasteiger partial charge is 0.480 e. The Bertz CT molecular complexity index is 1030. The normalized spacial score (nSPS) is 10.6. The Kier molecular flexibility index (Phi) is 3.86. The highest BCUT2D eigenvalue weighted by Gasteiger charge is 2.14. The van der Waals surface area contributed by atoms with Gasteiger partial charge in [-0.05, 0) is 12.1 Å². The van der Waals surface area contributed by atoms with E-state index in [1.165, 1.54) is 23.7 Å². The van der Waals surface area contributed by atoms with E-state index in [1.54, 1.807) is 17.5 Å². The molecule has 0 saturated carbocycles. The standard InChI is InChI=1S/C15H8ClN3O3S/c16-10-3-8(5-18-11(10)4-17)9-7-23-12-1-2-19(6-13(20)21)15(22)14(9)12/h1-3,5,7H,6H2,(H,20,21). The van der Waals surface area contributed by atoms with E-state index < -0.39 is 12.5 Å². The van der Waals surface area contributed by atoms with Gasteiger partial charge in [-0.1, -0.05) is 11.6 Å². The number of carboxylic acids is 1. The molecule has 23 heavy (non-hydrogen) atoms. The van der Waals surface area contributed by atoms with Gasteiger partial charge in [-0.2, -0.15) is 5.26 Å². The van der Waals surface area contributed by atoms with Gasteiger partial charge in [0.05, 0.1) is 10.4 Å². The van der Waals surface area contributed by atoms with Crippen LogP contribution in [0.25, 0.3) is 21.2 Å². The topological polar surface area (TPSA) is 96.0 Å². The number of halogens is 1. The molecule has 0 aliphatic carbocycles. The third kappa shape index (κ3) is 2.70. The van der Waals surface area contributed by atoms with Gasteiger partial charge in [-0.25, -0.2) is 4.98 Å². The molecular weight excluding hydrogens is 338 g/mol. The number of carbonyl (C=O) groups is 1. The highest BCUT2D eigenvalue weighted by Crippen LogP contribution is 2.32. The Hall–Kier alpha value is -2.69. The molecule has 3 aromatic rings. The molecule has 1 N–H and O–H groups in total. The zero-order chi connectivity index (χ0) is 16.6. The second-order valence-electron chi connectivity index (χ2n) is 4.70. The third-order valence-corrected chi connectivity index (χ3v) is 4.50. The molecule has 3 heterocycles. The Morgan fingerprint density at radius 3 is 2.96 bits per heavy atom. The van der Waals surface area contributed by atoms with Gasteiger partial charge >= 0.3 is 5.97 Å². The van der Waals surface area contributed by atoms with Crippen LogP contribution >= 0.6 is 22.9 Å². The van der Waals surface area contributed by atoms with Crippen LogP contribution in [0.3, 0.4) is 0 Å². The number of carboxylic acid groups (broad SMARTS) is 1. The minimum Gasteiger partial charge on any atom is -0.480 e. The first kappa shape index (κ1) is 15.2. The molecule has 0 fully saturated rings. The Morgan fingerprint density at radius 1 is 1.52 bits per heavy atom. The molecule has 0 amide bonds. The van der Waals surface area contributed by atoms with Crippen LogP contribution in [0.15, 0.2) is 34.7 Å². The molecule has 0 atom stereocenters. The number of aliphatic carboxylic acids is 1. The zero-order valence-corrected chi connectivity index (χ0v) is 13.1. The van der Waals surface area contributed by atoms with Crippen LogP contribution < -0.4 is 5.56 Å². The van der Waals surface area contributed by atoms with Gasteiger partial charge in [0.25, 0.3) is 5.56 Å². The van der Waals surface area contributed by atoms with Gasteiger partial charge in [0.15, 0.2) is 5.69 Å². The quantitative estimate of drug-likeness (QED) is 0.787. The summed E-state index contributed by atoms with van der Waals surface area (Å²) in [6.45, 7) is -0.406. The number of pyridine rings is 2. The average molecular weight is 346 g/mol. The molecule has 0 radical (unpaired) electrons. The van der Waals surface area contributed by atoms with E-state index in [2.05, 4.69) is 4.98 Å². The molecule has 0 aromatic carbocycles. The maximum atomic E-state index is 12.5. The first-order valence-corrected chi connectivity index (χ1v) is 7.65. The smallest absolute Gasteiger partial charge is 0.323 e. The summed E-state index contributed by atoms with van der Waals surface area (Å²) < 4.78 is 1.88. The predicted octanol–water partition coefficient (Wildman–Crippen LogP) is 2.73. The van der Waals surface area contributed by atoms with Crippen molar-refractivity contribution < 1.29 is 9.90 Å². The number of aromatic nitrogens is 2. The van der Waals surface area contributed by atoms with E-state index in [0.717, 1.165) is 9.27 Å². The molecule has 0 saturated heterocycles. The van der Waals surface area contributed by atoms with Crippen LogP contribution in [0.5, 0.6) is 0 Å². The van der Waals surface area contributed by atoms with Gasteiger partial charge in [0.2, 0.25) is 0 Å². The van der Waals surface area contributed by atoms with Crippen molar-refractivity contribution in [3.63, 3.8) is 0 Å². The predicted molar refractivity (Wildman–Crippen MR) is 86.7 cm³/mol. The lowest BCUT2D eigenvalue weighted by atomic mass is 10.1. The fraction of sp³-hybridized carbons (Fsp3) is 0.0667. The first-order chi connectivity index (χ1) is 11.0. The van der Waals surface area contributed by atoms with Crippen LogP contribution in [-0.2, 0) is 11.3 Å². The lowest BCUT2D eigenvalue weighted by Crippen LogP contribution is -2.23. The highest BCUT2D eigenvalue weighted by molar-refractivity contribution is 7.17. The zero-order valence-electron chi connectivity index (χ0n) is 11.5. The second kappa shape index (κ2) is 5.83. The van der Waals surface area contributed by atoms with Gasteiger partial charge in [0, 0.05) is 33.6 Å². The lowest BCUT2D eigenvalue weighted by Gasteiger charge is -2.04. The highest BCUT2D eigenvalue weighted by atomic mass is 35.5. The van der Waals surface area contributed by atoms with Crippen LogP contribution in [-0.4, -0.2) is 20.6 Å². The Labute approximate surface area is 138 Å². The van der Waals surface area contributed by atoms with E-state index in [1.807, 2.05) is 6.07 Å². The van der Waals surface area contributed by atoms with E-state index in [0.29, 0.717) is 16.5 Å². The third-order valence-electron chi connectivity index (χ3n) is 3.26. The van der Waals surface area contributed by atoms with Crippen molar-refractivity contribution in [2.75, 3.05) is 0 Å². The summed E-state index contributed by atoms with van der Waals surface area (Å²) in [7, 11) is 0. The average Bonchev–Trinajstić information content (AvgIpc) is 2.94. The summed E-state index contributed by atoms with van der Waals surface area (Å²) in [5.41, 5.74) is 0.943. The minimum atomic E-state index is -1.09. The van der Waals surface area contributed by atoms with Crippen LogP contribution in [0, 0.1) is 11.3 Å². The van der Waals surface area contributed by atoms with E-state index in [9.17, 15) is 9.59 Å². The molecule has 6 nitrogen and oxygen atoms in total. The van der Waals surface area contributed by atoms with Crippen molar-refractivity contribution in [1.29, 1.82) is 5.26 Å². The summed E-state index contributed by atoms with van der Waals surface area (Å²) in [4.78, 5) is 27.3. The van der Waals surface area contributed by atoms with Gasteiger partial charge < -0.3 is 9.67 Å². The number of rotatable bonds is 3. The number of thiophene rings is 1. The number of nitrogens with zero attached hydrogens (tertiary/aromatic N) is 3. The SMILES string of the molecule is N#Cc1ncc(-c2csc3ccn(CC(=O)O)c(=O)c23)cc1Cl. The molecule has 0 aliphatic heterocycles. The molecule has 0 spiro atoms. The molecule has 3 rings (SSSR count). The minimum absolute atomic E-state index is 0.109. The van der Waals surface area contributed by atoms with Crippen molar-refractivity contribution in [3.8, 4) is 17.2 Å². The monoisotopic (exact) mass is 345 g/mol. The molecular formula is C15H8ClN3O3S. The summed E-state index contributed by atoms with van der Waals surface area (Å²) in [5.74, 6) is -1.09. The Balaban J connectivity index is 2.23. The fourth-order valence-electron chi connectivity index (χ4n) is 2.24. The molecule has 0 unspecified atom stereocenters. The number of nitriles is 1. The van der Waals surface area contributed by atoms with Crippen LogP contribution in [0.2, 0.25) is 5.02 Å². The molecule has 8 heteroatoms. The summed E-state index contributed by atoms with van der Waals surface area (Å²) >= 11 is 7.36. The number of hydrogen-bond donors (Lipinski definition) is 1. The summed E-state index contributed by atoms with van der Waals surface area (Å²) in [6, 6.07) is 5.15. The second-order valence-corrected chi connectivity index (χ2v) is 6.02. The van der Waals surface area contributed by atoms with E-state index >= 15 is 0 Å². The number of hydrogen-bond acceptors (Lipinski definition) is 5. The van der Waals surface area contributed by atoms with Crippen molar-refractivity contribution in [2.45, 2.75) is 6.54 Å². The van der Waals surface area contributed by atoms with Crippen LogP contribution in [0.1, 0.15) is 5.69 Å². The van der Waals surface area contributed by atoms with E-state index in [4.69, 9.17) is 22.0 Å². The first-order valence-electron chi connectivity index (χ1n) is 6.39. The van der Waals surface area contributed by atoms with Crippen molar-refractivity contribution in [2.24, 2.45) is 0 Å². The van der Waals surface area contributed by atoms with Crippen LogP contribution in [0.4, 0.5) is 0 Å². The van der Waals surface area contributed by atoms with Gasteiger partial charge in [-0.15, -0.1) is 11.3 Å². The van der Waals surface area contributed by atoms with Gasteiger partial charge in [-0.3, -0.25) is 9.59 Å². The Morgan fingerprint density at radius 2 is 2.30 bits per heavy atom. The molecule has 114 valence electrons. The molecule has 0 aliphatic rings. The maximum absolute atomic E-state index is 12.5. The lowest BCUT2D eigenvalue weighted by molar-refractivity contribution is -0.137. The van der Waals surface area contributed by atoms with Gasteiger partial charge in [0.1, 0.15) is 12.6 Å². The molecule has 0 bridgehead atoms. The van der Waals surface area contributed by atoms with E-state index in [-0.39, 0.29) is 16.3 Å². The van der Waals surface area contributed by atoms with Crippen molar-refractivity contribution in [3.05, 3.63) is 51.0 Å². The molecule has 3 aromatic heterocycles. The van der Waals surface area contributed by atoms with Crippen molar-refractivity contribution >= 4 is 39.0 Å². The maximum Gasteiger partial charge on any atom is 0.323 e. The fourth-order valence-corrected chi connectivity index (χ4v) is 3.40. The summed E-state index contributed by atoms with van der Waals surface area (Å²) in [5, 5.41) is 20.2.